The van der Waals surface area contributed by atoms with E-state index in [1.165, 1.54) is 6.92 Å². The van der Waals surface area contributed by atoms with Crippen LogP contribution in [-0.4, -0.2) is 34.6 Å². The van der Waals surface area contributed by atoms with Crippen LogP contribution in [0.4, 0.5) is 5.69 Å². The highest BCUT2D eigenvalue weighted by Crippen LogP contribution is 2.22. The summed E-state index contributed by atoms with van der Waals surface area (Å²) in [4.78, 5) is 40.8. The van der Waals surface area contributed by atoms with Crippen molar-refractivity contribution in [3.8, 4) is 5.75 Å². The average Bonchev–Trinajstić information content (AvgIpc) is 3.00. The van der Waals surface area contributed by atoms with E-state index in [4.69, 9.17) is 9.47 Å². The van der Waals surface area contributed by atoms with Crippen molar-refractivity contribution >= 4 is 28.6 Å². The number of H-pyrrole nitrogens is 2. The third-order valence-corrected chi connectivity index (χ3v) is 4.20. The van der Waals surface area contributed by atoms with Gasteiger partial charge in [0.25, 0.3) is 5.91 Å². The molecule has 2 aromatic carbocycles. The summed E-state index contributed by atoms with van der Waals surface area (Å²) in [5.74, 6) is -0.501. The van der Waals surface area contributed by atoms with Gasteiger partial charge < -0.3 is 24.8 Å². The molecule has 0 bridgehead atoms. The number of ether oxygens (including phenoxy) is 2. The summed E-state index contributed by atoms with van der Waals surface area (Å²) in [6.45, 7) is 4.96. The zero-order valence-electron chi connectivity index (χ0n) is 15.8. The first kappa shape index (κ1) is 19.2. The van der Waals surface area contributed by atoms with E-state index in [1.54, 1.807) is 18.2 Å². The fourth-order valence-corrected chi connectivity index (χ4v) is 2.80. The first-order chi connectivity index (χ1) is 13.3. The zero-order chi connectivity index (χ0) is 20.3. The Morgan fingerprint density at radius 3 is 2.46 bits per heavy atom. The van der Waals surface area contributed by atoms with Crippen LogP contribution in [0.3, 0.4) is 0 Å². The summed E-state index contributed by atoms with van der Waals surface area (Å²) in [5.41, 5.74) is 3.17. The third-order valence-electron chi connectivity index (χ3n) is 4.20. The molecule has 146 valence electrons. The van der Waals surface area contributed by atoms with Crippen molar-refractivity contribution in [3.05, 3.63) is 58.0 Å². The molecule has 0 saturated carbocycles. The second-order valence-corrected chi connectivity index (χ2v) is 6.47. The number of benzene rings is 2. The zero-order valence-corrected chi connectivity index (χ0v) is 15.8. The molecule has 0 saturated heterocycles. The number of esters is 1. The SMILES string of the molecule is Cc1cccc(C)c1OCC(=O)O[C@@H](C)C(=O)Nc1ccc2[nH]c(=O)[nH]c2c1. The van der Waals surface area contributed by atoms with Gasteiger partial charge in [-0.25, -0.2) is 9.59 Å². The molecule has 3 aromatic rings. The Morgan fingerprint density at radius 2 is 1.75 bits per heavy atom. The fraction of sp³-hybridized carbons (Fsp3) is 0.250. The molecule has 0 aliphatic heterocycles. The van der Waals surface area contributed by atoms with Crippen molar-refractivity contribution in [2.24, 2.45) is 0 Å². The monoisotopic (exact) mass is 383 g/mol. The van der Waals surface area contributed by atoms with Gasteiger partial charge in [0.05, 0.1) is 11.0 Å². The lowest BCUT2D eigenvalue weighted by Gasteiger charge is -2.15. The number of anilines is 1. The molecule has 8 nitrogen and oxygen atoms in total. The van der Waals surface area contributed by atoms with Gasteiger partial charge in [-0.15, -0.1) is 0 Å². The fourth-order valence-electron chi connectivity index (χ4n) is 2.80. The second kappa shape index (κ2) is 7.99. The van der Waals surface area contributed by atoms with Gasteiger partial charge in [0.1, 0.15) is 5.75 Å². The van der Waals surface area contributed by atoms with Gasteiger partial charge in [-0.3, -0.25) is 4.79 Å². The van der Waals surface area contributed by atoms with E-state index < -0.39 is 18.0 Å². The molecule has 0 spiro atoms. The molecule has 1 heterocycles. The second-order valence-electron chi connectivity index (χ2n) is 6.47. The Morgan fingerprint density at radius 1 is 1.07 bits per heavy atom. The summed E-state index contributed by atoms with van der Waals surface area (Å²) in [6.07, 6.45) is -1.00. The number of carbonyl (C=O) groups excluding carboxylic acids is 2. The number of carbonyl (C=O) groups is 2. The number of fused-ring (bicyclic) bond motifs is 1. The largest absolute Gasteiger partial charge is 0.481 e. The number of nitrogens with one attached hydrogen (secondary N) is 3. The van der Waals surface area contributed by atoms with Crippen LogP contribution in [0.2, 0.25) is 0 Å². The molecule has 0 aliphatic rings. The first-order valence-electron chi connectivity index (χ1n) is 8.75. The quantitative estimate of drug-likeness (QED) is 0.566. The molecule has 3 N–H and O–H groups in total. The van der Waals surface area contributed by atoms with Crippen LogP contribution >= 0.6 is 0 Å². The minimum absolute atomic E-state index is 0.292. The number of hydrogen-bond acceptors (Lipinski definition) is 5. The Balaban J connectivity index is 1.55. The van der Waals surface area contributed by atoms with Gasteiger partial charge in [-0.1, -0.05) is 18.2 Å². The Bertz CT molecular complexity index is 1060. The van der Waals surface area contributed by atoms with Crippen molar-refractivity contribution < 1.29 is 19.1 Å². The van der Waals surface area contributed by atoms with Crippen LogP contribution in [-0.2, 0) is 14.3 Å². The predicted octanol–water partition coefficient (Wildman–Crippen LogP) is 2.42. The molecule has 28 heavy (non-hydrogen) atoms. The van der Waals surface area contributed by atoms with Crippen LogP contribution in [0, 0.1) is 13.8 Å². The summed E-state index contributed by atoms with van der Waals surface area (Å²) < 4.78 is 10.7. The van der Waals surface area contributed by atoms with Crippen molar-refractivity contribution in [1.82, 2.24) is 9.97 Å². The van der Waals surface area contributed by atoms with E-state index in [-0.39, 0.29) is 12.3 Å². The molecule has 0 fully saturated rings. The lowest BCUT2D eigenvalue weighted by atomic mass is 10.1. The maximum atomic E-state index is 12.3. The van der Waals surface area contributed by atoms with Gasteiger partial charge in [-0.2, -0.15) is 0 Å². The average molecular weight is 383 g/mol. The third kappa shape index (κ3) is 4.40. The van der Waals surface area contributed by atoms with Crippen LogP contribution in [0.5, 0.6) is 5.75 Å². The molecular weight excluding hydrogens is 362 g/mol. The Kier molecular flexibility index (Phi) is 5.49. The number of amides is 1. The van der Waals surface area contributed by atoms with Crippen molar-refractivity contribution in [3.63, 3.8) is 0 Å². The van der Waals surface area contributed by atoms with Crippen LogP contribution in [0.1, 0.15) is 18.1 Å². The van der Waals surface area contributed by atoms with E-state index in [0.29, 0.717) is 22.5 Å². The maximum absolute atomic E-state index is 12.3. The summed E-state index contributed by atoms with van der Waals surface area (Å²) in [5, 5.41) is 2.65. The van der Waals surface area contributed by atoms with E-state index in [9.17, 15) is 14.4 Å². The Hall–Kier alpha value is -3.55. The van der Waals surface area contributed by atoms with Gasteiger partial charge in [0.2, 0.25) is 0 Å². The van der Waals surface area contributed by atoms with E-state index in [2.05, 4.69) is 15.3 Å². The van der Waals surface area contributed by atoms with Crippen LogP contribution in [0.25, 0.3) is 11.0 Å². The van der Waals surface area contributed by atoms with E-state index in [1.807, 2.05) is 32.0 Å². The first-order valence-corrected chi connectivity index (χ1v) is 8.75. The molecule has 3 rings (SSSR count). The van der Waals surface area contributed by atoms with Crippen LogP contribution < -0.4 is 15.7 Å². The molecule has 0 unspecified atom stereocenters. The minimum atomic E-state index is -1.00. The summed E-state index contributed by atoms with van der Waals surface area (Å²) >= 11 is 0. The molecule has 0 aliphatic carbocycles. The maximum Gasteiger partial charge on any atom is 0.344 e. The van der Waals surface area contributed by atoms with Crippen molar-refractivity contribution in [2.45, 2.75) is 26.9 Å². The molecule has 0 radical (unpaired) electrons. The number of aromatic amines is 2. The molecule has 1 amide bonds. The van der Waals surface area contributed by atoms with Crippen molar-refractivity contribution in [2.75, 3.05) is 11.9 Å². The van der Waals surface area contributed by atoms with Crippen LogP contribution in [0.15, 0.2) is 41.2 Å². The highest BCUT2D eigenvalue weighted by atomic mass is 16.6. The number of aryl methyl sites for hydroxylation is 2. The normalized spacial score (nSPS) is 11.8. The van der Waals surface area contributed by atoms with Crippen molar-refractivity contribution in [1.29, 1.82) is 0 Å². The number of rotatable bonds is 6. The van der Waals surface area contributed by atoms with Gasteiger partial charge >= 0.3 is 11.7 Å². The van der Waals surface area contributed by atoms with E-state index >= 15 is 0 Å². The predicted molar refractivity (Wildman–Crippen MR) is 105 cm³/mol. The highest BCUT2D eigenvalue weighted by Gasteiger charge is 2.19. The van der Waals surface area contributed by atoms with E-state index in [0.717, 1.165) is 11.1 Å². The lowest BCUT2D eigenvalue weighted by Crippen LogP contribution is -2.31. The molecule has 8 heteroatoms. The molecular formula is C20H21N3O5. The number of para-hydroxylation sites is 1. The molecule has 1 atom stereocenters. The van der Waals surface area contributed by atoms with Gasteiger partial charge in [0.15, 0.2) is 12.7 Å². The number of aromatic nitrogens is 2. The lowest BCUT2D eigenvalue weighted by molar-refractivity contribution is -0.155. The number of imidazole rings is 1. The minimum Gasteiger partial charge on any atom is -0.481 e. The standard InChI is InChI=1S/C20H21N3O5/c1-11-5-4-6-12(2)18(11)27-10-17(24)28-13(3)19(25)21-14-7-8-15-16(9-14)23-20(26)22-15/h4-9,13H,10H2,1-3H3,(H,21,25)(H2,22,23,26)/t13-/m0/s1. The highest BCUT2D eigenvalue weighted by molar-refractivity contribution is 5.96. The van der Waals surface area contributed by atoms with Gasteiger partial charge in [-0.05, 0) is 50.1 Å². The summed E-state index contributed by atoms with van der Waals surface area (Å²) in [7, 11) is 0. The number of hydrogen-bond donors (Lipinski definition) is 3. The smallest absolute Gasteiger partial charge is 0.344 e. The summed E-state index contributed by atoms with van der Waals surface area (Å²) in [6, 6.07) is 10.6. The Labute approximate surface area is 160 Å². The van der Waals surface area contributed by atoms with Gasteiger partial charge in [0, 0.05) is 5.69 Å². The molecule has 1 aromatic heterocycles. The topological polar surface area (TPSA) is 113 Å².